The van der Waals surface area contributed by atoms with E-state index in [1.807, 2.05) is 26.0 Å². The molecule has 1 amide bonds. The van der Waals surface area contributed by atoms with Crippen molar-refractivity contribution in [1.29, 1.82) is 0 Å². The smallest absolute Gasteiger partial charge is 0.226 e. The van der Waals surface area contributed by atoms with Crippen molar-refractivity contribution in [2.45, 2.75) is 40.0 Å². The Morgan fingerprint density at radius 2 is 1.62 bits per heavy atom. The van der Waals surface area contributed by atoms with Crippen molar-refractivity contribution in [1.82, 2.24) is 0 Å². The van der Waals surface area contributed by atoms with E-state index in [4.69, 9.17) is 0 Å². The Hall–Kier alpha value is -1.31. The van der Waals surface area contributed by atoms with Gasteiger partial charge in [0.05, 0.1) is 0 Å². The SMILES string of the molecule is CC(C)C(=O)Nc1ccc(C(C)(C)C)cc1. The zero-order chi connectivity index (χ0) is 12.3. The van der Waals surface area contributed by atoms with Crippen LogP contribution in [0.2, 0.25) is 0 Å². The van der Waals surface area contributed by atoms with Gasteiger partial charge in [-0.1, -0.05) is 46.8 Å². The molecule has 0 spiro atoms. The van der Waals surface area contributed by atoms with Crippen molar-refractivity contribution in [3.05, 3.63) is 29.8 Å². The molecule has 1 N–H and O–H groups in total. The lowest BCUT2D eigenvalue weighted by atomic mass is 9.87. The largest absolute Gasteiger partial charge is 0.326 e. The number of rotatable bonds is 2. The highest BCUT2D eigenvalue weighted by molar-refractivity contribution is 5.92. The molecule has 0 fully saturated rings. The van der Waals surface area contributed by atoms with Crippen molar-refractivity contribution in [2.75, 3.05) is 5.32 Å². The highest BCUT2D eigenvalue weighted by Gasteiger charge is 2.13. The van der Waals surface area contributed by atoms with Crippen LogP contribution in [-0.4, -0.2) is 5.91 Å². The molecule has 0 unspecified atom stereocenters. The van der Waals surface area contributed by atoms with E-state index >= 15 is 0 Å². The van der Waals surface area contributed by atoms with Gasteiger partial charge in [-0.05, 0) is 23.1 Å². The number of nitrogens with one attached hydrogen (secondary N) is 1. The van der Waals surface area contributed by atoms with E-state index in [9.17, 15) is 4.79 Å². The minimum absolute atomic E-state index is 0.0160. The number of amides is 1. The topological polar surface area (TPSA) is 29.1 Å². The van der Waals surface area contributed by atoms with E-state index in [0.717, 1.165) is 5.69 Å². The third-order valence-electron chi connectivity index (χ3n) is 2.54. The summed E-state index contributed by atoms with van der Waals surface area (Å²) in [7, 11) is 0. The first-order valence-electron chi connectivity index (χ1n) is 5.72. The summed E-state index contributed by atoms with van der Waals surface area (Å²) >= 11 is 0. The van der Waals surface area contributed by atoms with Gasteiger partial charge in [0.1, 0.15) is 0 Å². The summed E-state index contributed by atoms with van der Waals surface area (Å²) < 4.78 is 0. The van der Waals surface area contributed by atoms with E-state index in [2.05, 4.69) is 38.2 Å². The van der Waals surface area contributed by atoms with Crippen LogP contribution in [0.3, 0.4) is 0 Å². The van der Waals surface area contributed by atoms with Crippen molar-refractivity contribution in [3.8, 4) is 0 Å². The van der Waals surface area contributed by atoms with Gasteiger partial charge in [-0.25, -0.2) is 0 Å². The molecule has 2 heteroatoms. The highest BCUT2D eigenvalue weighted by atomic mass is 16.1. The van der Waals surface area contributed by atoms with Crippen LogP contribution in [-0.2, 0) is 10.2 Å². The summed E-state index contributed by atoms with van der Waals surface area (Å²) in [6.07, 6.45) is 0. The Balaban J connectivity index is 2.76. The number of anilines is 1. The van der Waals surface area contributed by atoms with Crippen LogP contribution >= 0.6 is 0 Å². The van der Waals surface area contributed by atoms with Gasteiger partial charge >= 0.3 is 0 Å². The lowest BCUT2D eigenvalue weighted by molar-refractivity contribution is -0.118. The molecule has 0 saturated heterocycles. The minimum Gasteiger partial charge on any atom is -0.326 e. The zero-order valence-electron chi connectivity index (χ0n) is 10.8. The van der Waals surface area contributed by atoms with Gasteiger partial charge in [0.25, 0.3) is 0 Å². The molecule has 0 heterocycles. The maximum absolute atomic E-state index is 11.5. The number of hydrogen-bond acceptors (Lipinski definition) is 1. The fourth-order valence-electron chi connectivity index (χ4n) is 1.34. The molecule has 0 atom stereocenters. The summed E-state index contributed by atoms with van der Waals surface area (Å²) in [5.74, 6) is 0.0748. The molecule has 16 heavy (non-hydrogen) atoms. The summed E-state index contributed by atoms with van der Waals surface area (Å²) in [6.45, 7) is 10.3. The fraction of sp³-hybridized carbons (Fsp3) is 0.500. The molecule has 0 aliphatic carbocycles. The minimum atomic E-state index is 0.0160. The second-order valence-electron chi connectivity index (χ2n) is 5.47. The summed E-state index contributed by atoms with van der Waals surface area (Å²) in [4.78, 5) is 11.5. The van der Waals surface area contributed by atoms with E-state index in [-0.39, 0.29) is 17.2 Å². The van der Waals surface area contributed by atoms with Gasteiger partial charge < -0.3 is 5.32 Å². The first kappa shape index (κ1) is 12.8. The second kappa shape index (κ2) is 4.69. The van der Waals surface area contributed by atoms with E-state index < -0.39 is 0 Å². The molecule has 0 bridgehead atoms. The monoisotopic (exact) mass is 219 g/mol. The van der Waals surface area contributed by atoms with Gasteiger partial charge in [0.15, 0.2) is 0 Å². The normalized spacial score (nSPS) is 11.6. The fourth-order valence-corrected chi connectivity index (χ4v) is 1.34. The van der Waals surface area contributed by atoms with Crippen LogP contribution in [0.1, 0.15) is 40.2 Å². The standard InChI is InChI=1S/C14H21NO/c1-10(2)13(16)15-12-8-6-11(7-9-12)14(3,4)5/h6-10H,1-5H3,(H,15,16). The third-order valence-corrected chi connectivity index (χ3v) is 2.54. The summed E-state index contributed by atoms with van der Waals surface area (Å²) in [6, 6.07) is 8.05. The molecule has 0 saturated carbocycles. The molecule has 0 aromatic heterocycles. The van der Waals surface area contributed by atoms with Gasteiger partial charge in [-0.15, -0.1) is 0 Å². The van der Waals surface area contributed by atoms with Crippen LogP contribution in [0, 0.1) is 5.92 Å². The molecule has 88 valence electrons. The van der Waals surface area contributed by atoms with Gasteiger partial charge in [-0.3, -0.25) is 4.79 Å². The van der Waals surface area contributed by atoms with Gasteiger partial charge in [0.2, 0.25) is 5.91 Å². The number of carbonyl (C=O) groups is 1. The van der Waals surface area contributed by atoms with Crippen LogP contribution in [0.25, 0.3) is 0 Å². The molecule has 1 rings (SSSR count). The molecule has 0 aliphatic heterocycles. The molecular weight excluding hydrogens is 198 g/mol. The Morgan fingerprint density at radius 3 is 2.00 bits per heavy atom. The molecule has 1 aromatic rings. The number of carbonyl (C=O) groups excluding carboxylic acids is 1. The van der Waals surface area contributed by atoms with Crippen LogP contribution < -0.4 is 5.32 Å². The van der Waals surface area contributed by atoms with E-state index in [1.54, 1.807) is 0 Å². The lowest BCUT2D eigenvalue weighted by Gasteiger charge is -2.19. The number of hydrogen-bond donors (Lipinski definition) is 1. The maximum Gasteiger partial charge on any atom is 0.226 e. The van der Waals surface area contributed by atoms with Crippen LogP contribution in [0.4, 0.5) is 5.69 Å². The lowest BCUT2D eigenvalue weighted by Crippen LogP contribution is -2.18. The first-order chi connectivity index (χ1) is 7.30. The Kier molecular flexibility index (Phi) is 3.74. The summed E-state index contributed by atoms with van der Waals surface area (Å²) in [5.41, 5.74) is 2.29. The predicted octanol–water partition coefficient (Wildman–Crippen LogP) is 3.58. The molecule has 1 aromatic carbocycles. The van der Waals surface area contributed by atoms with Gasteiger partial charge in [0, 0.05) is 11.6 Å². The average Bonchev–Trinajstić information content (AvgIpc) is 2.17. The predicted molar refractivity (Wildman–Crippen MR) is 68.6 cm³/mol. The zero-order valence-corrected chi connectivity index (χ0v) is 10.8. The first-order valence-corrected chi connectivity index (χ1v) is 5.72. The average molecular weight is 219 g/mol. The Morgan fingerprint density at radius 1 is 1.12 bits per heavy atom. The van der Waals surface area contributed by atoms with Crippen molar-refractivity contribution < 1.29 is 4.79 Å². The maximum atomic E-state index is 11.5. The van der Waals surface area contributed by atoms with Crippen LogP contribution in [0.15, 0.2) is 24.3 Å². The Labute approximate surface area is 98.1 Å². The Bertz CT molecular complexity index is 357. The summed E-state index contributed by atoms with van der Waals surface area (Å²) in [5, 5.41) is 2.88. The van der Waals surface area contributed by atoms with Crippen molar-refractivity contribution >= 4 is 11.6 Å². The van der Waals surface area contributed by atoms with Crippen molar-refractivity contribution in [3.63, 3.8) is 0 Å². The molecule has 0 radical (unpaired) electrons. The van der Waals surface area contributed by atoms with E-state index in [0.29, 0.717) is 0 Å². The molecular formula is C14H21NO. The van der Waals surface area contributed by atoms with Crippen molar-refractivity contribution in [2.24, 2.45) is 5.92 Å². The third kappa shape index (κ3) is 3.37. The second-order valence-corrected chi connectivity index (χ2v) is 5.47. The molecule has 0 aliphatic rings. The van der Waals surface area contributed by atoms with Gasteiger partial charge in [-0.2, -0.15) is 0 Å². The van der Waals surface area contributed by atoms with E-state index in [1.165, 1.54) is 5.56 Å². The quantitative estimate of drug-likeness (QED) is 0.809. The van der Waals surface area contributed by atoms with Crippen LogP contribution in [0.5, 0.6) is 0 Å². The molecule has 2 nitrogen and oxygen atoms in total. The number of benzene rings is 1. The highest BCUT2D eigenvalue weighted by Crippen LogP contribution is 2.23.